The topological polar surface area (TPSA) is 92.3 Å². The maximum atomic E-state index is 12.9. The summed E-state index contributed by atoms with van der Waals surface area (Å²) in [5.41, 5.74) is 2.75. The summed E-state index contributed by atoms with van der Waals surface area (Å²) in [6.07, 6.45) is 4.76. The van der Waals surface area contributed by atoms with Crippen LogP contribution in [0.5, 0.6) is 5.75 Å². The summed E-state index contributed by atoms with van der Waals surface area (Å²) in [5, 5.41) is 0. The predicted octanol–water partition coefficient (Wildman–Crippen LogP) is 2.35. The molecule has 2 amide bonds. The van der Waals surface area contributed by atoms with Crippen molar-refractivity contribution in [2.75, 3.05) is 45.9 Å². The number of likely N-dealkylation sites (tertiary alicyclic amines) is 1. The fraction of sp³-hybridized carbons (Fsp3) is 0.462. The third kappa shape index (κ3) is 5.45. The van der Waals surface area contributed by atoms with Crippen molar-refractivity contribution in [3.63, 3.8) is 0 Å². The number of hydrogen-bond acceptors (Lipinski definition) is 7. The first-order chi connectivity index (χ1) is 17.1. The molecule has 3 aliphatic rings. The van der Waals surface area contributed by atoms with Gasteiger partial charge in [0.05, 0.1) is 13.1 Å². The SMILES string of the molecule is O=C(c1cccnc1)C1CCCN(Cc2ccc3c(c2)CN(C(=O)CN2CCOC2=O)CCO3)C1. The van der Waals surface area contributed by atoms with E-state index >= 15 is 0 Å². The smallest absolute Gasteiger partial charge is 0.410 e. The highest BCUT2D eigenvalue weighted by atomic mass is 16.6. The van der Waals surface area contributed by atoms with Crippen LogP contribution in [0, 0.1) is 5.92 Å². The van der Waals surface area contributed by atoms with Gasteiger partial charge in [-0.3, -0.25) is 24.4 Å². The minimum atomic E-state index is -0.436. The number of carbonyl (C=O) groups is 3. The average molecular weight is 479 g/mol. The van der Waals surface area contributed by atoms with Gasteiger partial charge in [0.1, 0.15) is 25.5 Å². The van der Waals surface area contributed by atoms with E-state index < -0.39 is 6.09 Å². The number of fused-ring (bicyclic) bond motifs is 1. The molecule has 2 fully saturated rings. The largest absolute Gasteiger partial charge is 0.491 e. The first-order valence-corrected chi connectivity index (χ1v) is 12.2. The Morgan fingerprint density at radius 2 is 1.97 bits per heavy atom. The van der Waals surface area contributed by atoms with Crippen molar-refractivity contribution in [2.45, 2.75) is 25.9 Å². The Hall–Kier alpha value is -3.46. The number of amides is 2. The first kappa shape index (κ1) is 23.3. The molecule has 5 rings (SSSR count). The van der Waals surface area contributed by atoms with Crippen LogP contribution in [0.2, 0.25) is 0 Å². The Labute approximate surface area is 204 Å². The van der Waals surface area contributed by atoms with Crippen molar-refractivity contribution in [3.8, 4) is 5.75 Å². The van der Waals surface area contributed by atoms with E-state index in [1.54, 1.807) is 23.4 Å². The monoisotopic (exact) mass is 478 g/mol. The number of ether oxygens (including phenoxy) is 2. The van der Waals surface area contributed by atoms with Gasteiger partial charge < -0.3 is 14.4 Å². The second kappa shape index (κ2) is 10.4. The lowest BCUT2D eigenvalue weighted by molar-refractivity contribution is -0.132. The van der Waals surface area contributed by atoms with E-state index in [1.165, 1.54) is 4.90 Å². The molecule has 1 atom stereocenters. The van der Waals surface area contributed by atoms with Gasteiger partial charge in [-0.1, -0.05) is 6.07 Å². The minimum Gasteiger partial charge on any atom is -0.491 e. The highest BCUT2D eigenvalue weighted by Crippen LogP contribution is 2.27. The fourth-order valence-electron chi connectivity index (χ4n) is 5.01. The van der Waals surface area contributed by atoms with Crippen molar-refractivity contribution in [2.24, 2.45) is 5.92 Å². The van der Waals surface area contributed by atoms with E-state index in [0.29, 0.717) is 38.4 Å². The van der Waals surface area contributed by atoms with Gasteiger partial charge in [-0.25, -0.2) is 4.79 Å². The van der Waals surface area contributed by atoms with Crippen LogP contribution in [0.15, 0.2) is 42.7 Å². The zero-order chi connectivity index (χ0) is 24.2. The van der Waals surface area contributed by atoms with E-state index in [9.17, 15) is 14.4 Å². The van der Waals surface area contributed by atoms with Crippen LogP contribution in [-0.4, -0.2) is 83.4 Å². The molecule has 1 unspecified atom stereocenters. The summed E-state index contributed by atoms with van der Waals surface area (Å²) in [4.78, 5) is 47.1. The maximum Gasteiger partial charge on any atom is 0.410 e. The normalized spacial score (nSPS) is 20.6. The van der Waals surface area contributed by atoms with Gasteiger partial charge in [-0.2, -0.15) is 0 Å². The van der Waals surface area contributed by atoms with Crippen LogP contribution in [0.25, 0.3) is 0 Å². The fourth-order valence-corrected chi connectivity index (χ4v) is 5.01. The van der Waals surface area contributed by atoms with Gasteiger partial charge in [0.2, 0.25) is 5.91 Å². The standard InChI is InChI=1S/C26H30N4O5/c31-24(18-30-10-12-35-26(30)33)29-9-11-34-23-6-5-19(13-22(23)17-29)15-28-8-2-4-21(16-28)25(32)20-3-1-7-27-14-20/h1,3,5-7,13-14,21H,2,4,8-12,15-18H2. The highest BCUT2D eigenvalue weighted by Gasteiger charge is 2.29. The lowest BCUT2D eigenvalue weighted by atomic mass is 9.90. The third-order valence-electron chi connectivity index (χ3n) is 6.86. The van der Waals surface area contributed by atoms with Crippen molar-refractivity contribution >= 4 is 17.8 Å². The molecule has 0 radical (unpaired) electrons. The molecule has 3 aliphatic heterocycles. The quantitative estimate of drug-likeness (QED) is 0.589. The molecular weight excluding hydrogens is 448 g/mol. The third-order valence-corrected chi connectivity index (χ3v) is 6.86. The van der Waals surface area contributed by atoms with Gasteiger partial charge in [0.15, 0.2) is 5.78 Å². The van der Waals surface area contributed by atoms with Gasteiger partial charge in [0, 0.05) is 49.1 Å². The number of Topliss-reactive ketones (excluding diaryl/α,β-unsaturated/α-hetero) is 1. The number of cyclic esters (lactones) is 1. The molecule has 0 aliphatic carbocycles. The second-order valence-electron chi connectivity index (χ2n) is 9.32. The Morgan fingerprint density at radius 1 is 1.09 bits per heavy atom. The Kier molecular flexibility index (Phi) is 6.94. The minimum absolute atomic E-state index is 0.0218. The van der Waals surface area contributed by atoms with Crippen LogP contribution in [0.3, 0.4) is 0 Å². The summed E-state index contributed by atoms with van der Waals surface area (Å²) < 4.78 is 10.8. The number of piperidine rings is 1. The van der Waals surface area contributed by atoms with Gasteiger partial charge in [-0.15, -0.1) is 0 Å². The number of hydrogen-bond donors (Lipinski definition) is 0. The van der Waals surface area contributed by atoms with E-state index in [1.807, 2.05) is 12.1 Å². The Balaban J connectivity index is 1.23. The Bertz CT molecular complexity index is 1090. The highest BCUT2D eigenvalue weighted by molar-refractivity contribution is 5.97. The van der Waals surface area contributed by atoms with Crippen molar-refractivity contribution in [3.05, 3.63) is 59.4 Å². The summed E-state index contributed by atoms with van der Waals surface area (Å²) in [7, 11) is 0. The molecule has 35 heavy (non-hydrogen) atoms. The number of aromatic nitrogens is 1. The lowest BCUT2D eigenvalue weighted by Gasteiger charge is -2.32. The molecule has 0 N–H and O–H groups in total. The van der Waals surface area contributed by atoms with Crippen molar-refractivity contribution in [1.82, 2.24) is 19.7 Å². The van der Waals surface area contributed by atoms with Crippen LogP contribution < -0.4 is 4.74 Å². The second-order valence-corrected chi connectivity index (χ2v) is 9.32. The summed E-state index contributed by atoms with van der Waals surface area (Å²) in [6, 6.07) is 9.76. The number of benzene rings is 1. The van der Waals surface area contributed by atoms with Crippen molar-refractivity contribution in [1.29, 1.82) is 0 Å². The zero-order valence-electron chi connectivity index (χ0n) is 19.7. The first-order valence-electron chi connectivity index (χ1n) is 12.2. The summed E-state index contributed by atoms with van der Waals surface area (Å²) in [6.45, 7) is 4.50. The number of pyridine rings is 1. The molecule has 0 bridgehead atoms. The number of ketones is 1. The van der Waals surface area contributed by atoms with Gasteiger partial charge in [0.25, 0.3) is 0 Å². The van der Waals surface area contributed by atoms with Crippen LogP contribution in [-0.2, 0) is 22.6 Å². The molecule has 184 valence electrons. The maximum absolute atomic E-state index is 12.9. The average Bonchev–Trinajstić information content (AvgIpc) is 3.16. The van der Waals surface area contributed by atoms with E-state index in [2.05, 4.69) is 22.0 Å². The van der Waals surface area contributed by atoms with E-state index in [-0.39, 0.29) is 24.2 Å². The molecule has 2 aromatic rings. The van der Waals surface area contributed by atoms with Crippen LogP contribution in [0.1, 0.15) is 34.3 Å². The Morgan fingerprint density at radius 3 is 2.77 bits per heavy atom. The molecule has 2 saturated heterocycles. The van der Waals surface area contributed by atoms with E-state index in [4.69, 9.17) is 9.47 Å². The van der Waals surface area contributed by atoms with Gasteiger partial charge >= 0.3 is 6.09 Å². The molecule has 1 aromatic heterocycles. The molecular formula is C26H30N4O5. The van der Waals surface area contributed by atoms with Crippen LogP contribution in [0.4, 0.5) is 4.79 Å². The molecule has 4 heterocycles. The summed E-state index contributed by atoms with van der Waals surface area (Å²) in [5.74, 6) is 0.808. The zero-order valence-corrected chi connectivity index (χ0v) is 19.7. The number of carbonyl (C=O) groups excluding carboxylic acids is 3. The molecule has 1 aromatic carbocycles. The molecule has 9 heteroatoms. The van der Waals surface area contributed by atoms with Crippen LogP contribution >= 0.6 is 0 Å². The number of rotatable bonds is 6. The number of nitrogens with zero attached hydrogens (tertiary/aromatic N) is 4. The van der Waals surface area contributed by atoms with E-state index in [0.717, 1.165) is 49.4 Å². The summed E-state index contributed by atoms with van der Waals surface area (Å²) >= 11 is 0. The molecule has 9 nitrogen and oxygen atoms in total. The lowest BCUT2D eigenvalue weighted by Crippen LogP contribution is -2.41. The predicted molar refractivity (Wildman–Crippen MR) is 127 cm³/mol. The molecule has 0 saturated carbocycles. The molecule has 0 spiro atoms. The van der Waals surface area contributed by atoms with Crippen molar-refractivity contribution < 1.29 is 23.9 Å². The van der Waals surface area contributed by atoms with Gasteiger partial charge in [-0.05, 0) is 49.2 Å².